The predicted molar refractivity (Wildman–Crippen MR) is 86.7 cm³/mol. The van der Waals surface area contributed by atoms with E-state index in [1.165, 1.54) is 12.1 Å². The molecule has 1 aliphatic rings. The number of piperidine rings is 1. The second kappa shape index (κ2) is 10.1. The lowest BCUT2D eigenvalue weighted by Crippen LogP contribution is -2.36. The number of nitrogens with zero attached hydrogens (tertiary/aromatic N) is 1. The molecule has 0 spiro atoms. The van der Waals surface area contributed by atoms with Crippen molar-refractivity contribution in [1.82, 2.24) is 0 Å². The fourth-order valence-corrected chi connectivity index (χ4v) is 2.25. The summed E-state index contributed by atoms with van der Waals surface area (Å²) < 4.78 is 37.3. The summed E-state index contributed by atoms with van der Waals surface area (Å²) in [5, 5.41) is 8.88. The summed E-state index contributed by atoms with van der Waals surface area (Å²) >= 11 is 0. The van der Waals surface area contributed by atoms with E-state index in [4.69, 9.17) is 5.11 Å². The predicted octanol–water partition coefficient (Wildman–Crippen LogP) is 5.06. The molecular formula is C17H26F3NO2. The number of hydrogen-bond acceptors (Lipinski definition) is 2. The molecule has 0 aliphatic carbocycles. The van der Waals surface area contributed by atoms with Crippen LogP contribution in [0.1, 0.15) is 46.1 Å². The van der Waals surface area contributed by atoms with Crippen molar-refractivity contribution in [2.45, 2.75) is 46.7 Å². The highest BCUT2D eigenvalue weighted by molar-refractivity contribution is 5.70. The molecule has 6 heteroatoms. The minimum atomic E-state index is -4.32. The SMILES string of the molecule is CC.CC.O=C(O)C1CCN(c2ccc(C(F)(F)F)cc2)CC1. The van der Waals surface area contributed by atoms with Gasteiger partial charge in [0, 0.05) is 18.8 Å². The first-order valence-electron chi connectivity index (χ1n) is 8.03. The summed E-state index contributed by atoms with van der Waals surface area (Å²) in [5.74, 6) is -1.14. The van der Waals surface area contributed by atoms with Crippen LogP contribution in [0.2, 0.25) is 0 Å². The molecule has 0 unspecified atom stereocenters. The number of carbonyl (C=O) groups is 1. The molecule has 1 N–H and O–H groups in total. The van der Waals surface area contributed by atoms with Gasteiger partial charge in [-0.15, -0.1) is 0 Å². The molecule has 0 atom stereocenters. The van der Waals surface area contributed by atoms with Gasteiger partial charge in [0.2, 0.25) is 0 Å². The minimum absolute atomic E-state index is 0.342. The van der Waals surface area contributed by atoms with Crippen LogP contribution in [0.3, 0.4) is 0 Å². The highest BCUT2D eigenvalue weighted by atomic mass is 19.4. The van der Waals surface area contributed by atoms with E-state index in [2.05, 4.69) is 0 Å². The van der Waals surface area contributed by atoms with Crippen molar-refractivity contribution >= 4 is 11.7 Å². The summed E-state index contributed by atoms with van der Waals surface area (Å²) in [6.07, 6.45) is -3.28. The van der Waals surface area contributed by atoms with E-state index in [0.717, 1.165) is 12.1 Å². The van der Waals surface area contributed by atoms with Gasteiger partial charge in [0.25, 0.3) is 0 Å². The van der Waals surface area contributed by atoms with Crippen LogP contribution in [0, 0.1) is 5.92 Å². The van der Waals surface area contributed by atoms with Crippen molar-refractivity contribution in [2.75, 3.05) is 18.0 Å². The van der Waals surface area contributed by atoms with E-state index >= 15 is 0 Å². The minimum Gasteiger partial charge on any atom is -0.481 e. The first-order chi connectivity index (χ1) is 10.9. The lowest BCUT2D eigenvalue weighted by atomic mass is 9.96. The van der Waals surface area contributed by atoms with E-state index in [9.17, 15) is 18.0 Å². The van der Waals surface area contributed by atoms with E-state index in [0.29, 0.717) is 31.6 Å². The lowest BCUT2D eigenvalue weighted by molar-refractivity contribution is -0.142. The fraction of sp³-hybridized carbons (Fsp3) is 0.588. The van der Waals surface area contributed by atoms with Gasteiger partial charge in [0.15, 0.2) is 0 Å². The lowest BCUT2D eigenvalue weighted by Gasteiger charge is -2.32. The van der Waals surface area contributed by atoms with Crippen LogP contribution < -0.4 is 4.90 Å². The first kappa shape index (κ1) is 21.3. The Morgan fingerprint density at radius 3 is 1.83 bits per heavy atom. The van der Waals surface area contributed by atoms with E-state index in [1.54, 1.807) is 0 Å². The highest BCUT2D eigenvalue weighted by Gasteiger charge is 2.30. The van der Waals surface area contributed by atoms with Crippen LogP contribution >= 0.6 is 0 Å². The van der Waals surface area contributed by atoms with Gasteiger partial charge in [-0.2, -0.15) is 13.2 Å². The molecule has 3 nitrogen and oxygen atoms in total. The molecule has 2 rings (SSSR count). The molecule has 0 amide bonds. The van der Waals surface area contributed by atoms with Crippen molar-refractivity contribution in [3.05, 3.63) is 29.8 Å². The highest BCUT2D eigenvalue weighted by Crippen LogP contribution is 2.31. The summed E-state index contributed by atoms with van der Waals surface area (Å²) in [6, 6.07) is 4.98. The molecule has 132 valence electrons. The Kier molecular flexibility index (Phi) is 9.37. The van der Waals surface area contributed by atoms with E-state index in [-0.39, 0.29) is 5.92 Å². The number of benzene rings is 1. The van der Waals surface area contributed by atoms with Gasteiger partial charge in [-0.1, -0.05) is 27.7 Å². The van der Waals surface area contributed by atoms with Crippen LogP contribution in [-0.2, 0) is 11.0 Å². The third-order valence-electron chi connectivity index (χ3n) is 3.40. The number of carboxylic acids is 1. The van der Waals surface area contributed by atoms with Crippen LogP contribution in [0.5, 0.6) is 0 Å². The van der Waals surface area contributed by atoms with Gasteiger partial charge in [-0.25, -0.2) is 0 Å². The third kappa shape index (κ3) is 6.50. The van der Waals surface area contributed by atoms with Gasteiger partial charge < -0.3 is 10.0 Å². The number of rotatable bonds is 2. The molecule has 23 heavy (non-hydrogen) atoms. The van der Waals surface area contributed by atoms with E-state index < -0.39 is 17.7 Å². The van der Waals surface area contributed by atoms with Gasteiger partial charge in [-0.05, 0) is 37.1 Å². The molecule has 1 aromatic rings. The normalized spacial score (nSPS) is 15.0. The average Bonchev–Trinajstić information content (AvgIpc) is 2.58. The van der Waals surface area contributed by atoms with Crippen LogP contribution in [0.25, 0.3) is 0 Å². The molecule has 0 aromatic heterocycles. The van der Waals surface area contributed by atoms with Gasteiger partial charge in [0.05, 0.1) is 11.5 Å². The van der Waals surface area contributed by atoms with Gasteiger partial charge >= 0.3 is 12.1 Å². The van der Waals surface area contributed by atoms with Crippen molar-refractivity contribution in [3.63, 3.8) is 0 Å². The fourth-order valence-electron chi connectivity index (χ4n) is 2.25. The zero-order valence-electron chi connectivity index (χ0n) is 14.2. The van der Waals surface area contributed by atoms with Gasteiger partial charge in [-0.3, -0.25) is 4.79 Å². The van der Waals surface area contributed by atoms with Crippen molar-refractivity contribution in [3.8, 4) is 0 Å². The first-order valence-corrected chi connectivity index (χ1v) is 8.03. The maximum absolute atomic E-state index is 12.4. The zero-order chi connectivity index (χ0) is 18.0. The number of aliphatic carboxylic acids is 1. The third-order valence-corrected chi connectivity index (χ3v) is 3.40. The second-order valence-corrected chi connectivity index (χ2v) is 4.64. The molecule has 0 saturated carbocycles. The monoisotopic (exact) mass is 333 g/mol. The Morgan fingerprint density at radius 2 is 1.48 bits per heavy atom. The Morgan fingerprint density at radius 1 is 1.04 bits per heavy atom. The maximum Gasteiger partial charge on any atom is 0.416 e. The molecule has 1 aromatic carbocycles. The number of anilines is 1. The van der Waals surface area contributed by atoms with Gasteiger partial charge in [0.1, 0.15) is 0 Å². The quantitative estimate of drug-likeness (QED) is 0.822. The van der Waals surface area contributed by atoms with Crippen LogP contribution in [0.4, 0.5) is 18.9 Å². The van der Waals surface area contributed by atoms with Crippen molar-refractivity contribution in [1.29, 1.82) is 0 Å². The molecule has 0 radical (unpaired) electrons. The molecule has 1 saturated heterocycles. The van der Waals surface area contributed by atoms with Crippen LogP contribution in [-0.4, -0.2) is 24.2 Å². The molecule has 1 aliphatic heterocycles. The molecule has 1 fully saturated rings. The average molecular weight is 333 g/mol. The van der Waals surface area contributed by atoms with E-state index in [1.807, 2.05) is 32.6 Å². The number of carboxylic acid groups (broad SMARTS) is 1. The number of alkyl halides is 3. The Bertz CT molecular complexity index is 450. The Hall–Kier alpha value is -1.72. The second-order valence-electron chi connectivity index (χ2n) is 4.64. The topological polar surface area (TPSA) is 40.5 Å². The van der Waals surface area contributed by atoms with Crippen LogP contribution in [0.15, 0.2) is 24.3 Å². The summed E-state index contributed by atoms with van der Waals surface area (Å²) in [7, 11) is 0. The molecule has 1 heterocycles. The molecular weight excluding hydrogens is 307 g/mol. The summed E-state index contributed by atoms with van der Waals surface area (Å²) in [6.45, 7) is 9.12. The standard InChI is InChI=1S/C13H14F3NO2.2C2H6/c14-13(15,16)10-1-3-11(4-2-10)17-7-5-9(6-8-17)12(18)19;2*1-2/h1-4,9H,5-8H2,(H,18,19);2*1-2H3. The summed E-state index contributed by atoms with van der Waals surface area (Å²) in [5.41, 5.74) is 0.0357. The Labute approximate surface area is 136 Å². The molecule has 0 bridgehead atoms. The Balaban J connectivity index is 0.00000112. The number of hydrogen-bond donors (Lipinski definition) is 1. The van der Waals surface area contributed by atoms with Crippen molar-refractivity contribution < 1.29 is 23.1 Å². The zero-order valence-corrected chi connectivity index (χ0v) is 14.2. The largest absolute Gasteiger partial charge is 0.481 e. The van der Waals surface area contributed by atoms with Crippen molar-refractivity contribution in [2.24, 2.45) is 5.92 Å². The smallest absolute Gasteiger partial charge is 0.416 e. The maximum atomic E-state index is 12.4. The number of halogens is 3. The summed E-state index contributed by atoms with van der Waals surface area (Å²) in [4.78, 5) is 12.7.